The SMILES string of the molecule is Cc1cc(F)[nH]c1Cl. The van der Waals surface area contributed by atoms with Gasteiger partial charge in [0.15, 0.2) is 5.95 Å². The predicted molar refractivity (Wildman–Crippen MR) is 30.5 cm³/mol. The second kappa shape index (κ2) is 1.78. The number of H-pyrrole nitrogens is 1. The van der Waals surface area contributed by atoms with Crippen LogP contribution in [0.3, 0.4) is 0 Å². The summed E-state index contributed by atoms with van der Waals surface area (Å²) in [4.78, 5) is 2.31. The van der Waals surface area contributed by atoms with E-state index in [4.69, 9.17) is 11.6 Å². The van der Waals surface area contributed by atoms with Crippen LogP contribution in [0.5, 0.6) is 0 Å². The van der Waals surface area contributed by atoms with Gasteiger partial charge in [0.25, 0.3) is 0 Å². The van der Waals surface area contributed by atoms with E-state index in [1.807, 2.05) is 0 Å². The minimum Gasteiger partial charge on any atom is -0.322 e. The molecule has 1 aromatic heterocycles. The first kappa shape index (κ1) is 5.63. The summed E-state index contributed by atoms with van der Waals surface area (Å²) in [5, 5.41) is 0.377. The molecule has 0 fully saturated rings. The van der Waals surface area contributed by atoms with Gasteiger partial charge in [-0.2, -0.15) is 4.39 Å². The van der Waals surface area contributed by atoms with Gasteiger partial charge >= 0.3 is 0 Å². The fourth-order valence-corrected chi connectivity index (χ4v) is 0.638. The average Bonchev–Trinajstić information content (AvgIpc) is 1.85. The molecule has 3 heteroatoms. The Labute approximate surface area is 51.5 Å². The number of hydrogen-bond acceptors (Lipinski definition) is 0. The van der Waals surface area contributed by atoms with Crippen molar-refractivity contribution in [2.45, 2.75) is 6.92 Å². The Balaban J connectivity index is 3.14. The quantitative estimate of drug-likeness (QED) is 0.558. The maximum Gasteiger partial charge on any atom is 0.192 e. The van der Waals surface area contributed by atoms with Crippen molar-refractivity contribution in [2.75, 3.05) is 0 Å². The molecule has 0 saturated carbocycles. The second-order valence-corrected chi connectivity index (χ2v) is 1.99. The van der Waals surface area contributed by atoms with Crippen molar-refractivity contribution < 1.29 is 4.39 Å². The van der Waals surface area contributed by atoms with Crippen molar-refractivity contribution in [3.05, 3.63) is 22.7 Å². The summed E-state index contributed by atoms with van der Waals surface area (Å²) in [6.45, 7) is 1.74. The van der Waals surface area contributed by atoms with Crippen LogP contribution in [0.1, 0.15) is 5.56 Å². The standard InChI is InChI=1S/C5H5ClFN/c1-3-2-4(7)8-5(3)6/h2,8H,1H3. The molecule has 1 rings (SSSR count). The van der Waals surface area contributed by atoms with Crippen LogP contribution < -0.4 is 0 Å². The fraction of sp³-hybridized carbons (Fsp3) is 0.200. The third-order valence-electron chi connectivity index (χ3n) is 0.919. The highest BCUT2D eigenvalue weighted by Gasteiger charge is 1.97. The van der Waals surface area contributed by atoms with Gasteiger partial charge in [0, 0.05) is 0 Å². The van der Waals surface area contributed by atoms with E-state index in [2.05, 4.69) is 4.98 Å². The molecule has 0 spiro atoms. The van der Waals surface area contributed by atoms with Crippen molar-refractivity contribution >= 4 is 11.6 Å². The topological polar surface area (TPSA) is 15.8 Å². The molecule has 1 nitrogen and oxygen atoms in total. The van der Waals surface area contributed by atoms with Gasteiger partial charge in [-0.25, -0.2) is 0 Å². The molecule has 8 heavy (non-hydrogen) atoms. The lowest BCUT2D eigenvalue weighted by Gasteiger charge is -1.77. The van der Waals surface area contributed by atoms with Crippen LogP contribution in [0.15, 0.2) is 6.07 Å². The molecule has 0 aliphatic carbocycles. The summed E-state index contributed by atoms with van der Waals surface area (Å²) in [5.41, 5.74) is 0.740. The smallest absolute Gasteiger partial charge is 0.192 e. The molecule has 0 aliphatic heterocycles. The summed E-state index contributed by atoms with van der Waals surface area (Å²) in [5.74, 6) is -0.382. The highest BCUT2D eigenvalue weighted by Crippen LogP contribution is 2.12. The van der Waals surface area contributed by atoms with E-state index in [1.54, 1.807) is 6.92 Å². The van der Waals surface area contributed by atoms with Gasteiger partial charge in [-0.3, -0.25) is 0 Å². The Morgan fingerprint density at radius 3 is 2.50 bits per heavy atom. The van der Waals surface area contributed by atoms with E-state index >= 15 is 0 Å². The predicted octanol–water partition coefficient (Wildman–Crippen LogP) is 2.12. The molecule has 0 bridgehead atoms. The number of aromatic amines is 1. The molecule has 0 saturated heterocycles. The molecule has 0 aliphatic rings. The average molecular weight is 134 g/mol. The summed E-state index contributed by atoms with van der Waals surface area (Å²) in [6.07, 6.45) is 0. The Kier molecular flexibility index (Phi) is 1.26. The van der Waals surface area contributed by atoms with Crippen LogP contribution in [0.25, 0.3) is 0 Å². The Morgan fingerprint density at radius 2 is 2.38 bits per heavy atom. The zero-order valence-corrected chi connectivity index (χ0v) is 5.09. The summed E-state index contributed by atoms with van der Waals surface area (Å²) >= 11 is 5.43. The maximum absolute atomic E-state index is 12.0. The molecule has 0 radical (unpaired) electrons. The van der Waals surface area contributed by atoms with Gasteiger partial charge in [-0.05, 0) is 18.6 Å². The van der Waals surface area contributed by atoms with Crippen molar-refractivity contribution in [1.29, 1.82) is 0 Å². The summed E-state index contributed by atoms with van der Waals surface area (Å²) < 4.78 is 12.0. The lowest BCUT2D eigenvalue weighted by atomic mass is 10.4. The molecular weight excluding hydrogens is 129 g/mol. The second-order valence-electron chi connectivity index (χ2n) is 1.61. The molecule has 1 heterocycles. The fourth-order valence-electron chi connectivity index (χ4n) is 0.493. The Bertz CT molecular complexity index is 175. The molecule has 44 valence electrons. The monoisotopic (exact) mass is 133 g/mol. The molecular formula is C5H5ClFN. The van der Waals surface area contributed by atoms with E-state index in [0.717, 1.165) is 5.56 Å². The molecule has 0 unspecified atom stereocenters. The zero-order valence-electron chi connectivity index (χ0n) is 4.33. The van der Waals surface area contributed by atoms with Gasteiger partial charge in [0.1, 0.15) is 5.15 Å². The molecule has 0 amide bonds. The first-order valence-corrected chi connectivity index (χ1v) is 2.58. The number of nitrogens with one attached hydrogen (secondary N) is 1. The number of aromatic nitrogens is 1. The molecule has 1 aromatic rings. The van der Waals surface area contributed by atoms with Gasteiger partial charge in [0.05, 0.1) is 0 Å². The normalized spacial score (nSPS) is 9.88. The van der Waals surface area contributed by atoms with Crippen molar-refractivity contribution in [3.63, 3.8) is 0 Å². The largest absolute Gasteiger partial charge is 0.322 e. The Morgan fingerprint density at radius 1 is 1.75 bits per heavy atom. The Hall–Kier alpha value is -0.500. The van der Waals surface area contributed by atoms with Crippen molar-refractivity contribution in [2.24, 2.45) is 0 Å². The highest BCUT2D eigenvalue weighted by atomic mass is 35.5. The molecule has 0 atom stereocenters. The minimum atomic E-state index is -0.382. The van der Waals surface area contributed by atoms with Crippen LogP contribution in [0, 0.1) is 12.9 Å². The number of rotatable bonds is 0. The van der Waals surface area contributed by atoms with Crippen molar-refractivity contribution in [3.8, 4) is 0 Å². The van der Waals surface area contributed by atoms with E-state index in [-0.39, 0.29) is 5.95 Å². The number of hydrogen-bond donors (Lipinski definition) is 1. The van der Waals surface area contributed by atoms with E-state index < -0.39 is 0 Å². The molecule has 0 aromatic carbocycles. The number of aryl methyl sites for hydroxylation is 1. The van der Waals surface area contributed by atoms with E-state index in [1.165, 1.54) is 6.07 Å². The van der Waals surface area contributed by atoms with E-state index in [0.29, 0.717) is 5.15 Å². The van der Waals surface area contributed by atoms with Crippen LogP contribution in [0.2, 0.25) is 5.15 Å². The van der Waals surface area contributed by atoms with Gasteiger partial charge in [0.2, 0.25) is 0 Å². The lowest BCUT2D eigenvalue weighted by Crippen LogP contribution is -1.65. The zero-order chi connectivity index (χ0) is 6.15. The van der Waals surface area contributed by atoms with Gasteiger partial charge < -0.3 is 4.98 Å². The van der Waals surface area contributed by atoms with Crippen LogP contribution in [-0.2, 0) is 0 Å². The minimum absolute atomic E-state index is 0.377. The van der Waals surface area contributed by atoms with Crippen LogP contribution in [-0.4, -0.2) is 4.98 Å². The number of halogens is 2. The highest BCUT2D eigenvalue weighted by molar-refractivity contribution is 6.30. The summed E-state index contributed by atoms with van der Waals surface area (Å²) in [6, 6.07) is 1.35. The van der Waals surface area contributed by atoms with Gasteiger partial charge in [-0.15, -0.1) is 0 Å². The lowest BCUT2D eigenvalue weighted by molar-refractivity contribution is 0.591. The third kappa shape index (κ3) is 0.842. The summed E-state index contributed by atoms with van der Waals surface area (Å²) in [7, 11) is 0. The molecule has 1 N–H and O–H groups in total. The maximum atomic E-state index is 12.0. The van der Waals surface area contributed by atoms with Gasteiger partial charge in [-0.1, -0.05) is 11.6 Å². The van der Waals surface area contributed by atoms with Crippen LogP contribution >= 0.6 is 11.6 Å². The van der Waals surface area contributed by atoms with E-state index in [9.17, 15) is 4.39 Å². The third-order valence-corrected chi connectivity index (χ3v) is 1.31. The van der Waals surface area contributed by atoms with Crippen LogP contribution in [0.4, 0.5) is 4.39 Å². The first-order chi connectivity index (χ1) is 3.70. The van der Waals surface area contributed by atoms with Crippen molar-refractivity contribution in [1.82, 2.24) is 4.98 Å². The first-order valence-electron chi connectivity index (χ1n) is 2.21.